The molecule has 18 heavy (non-hydrogen) atoms. The van der Waals surface area contributed by atoms with Gasteiger partial charge in [0, 0.05) is 22.3 Å². The largest absolute Gasteiger partial charge is 0.410 e. The highest BCUT2D eigenvalue weighted by Crippen LogP contribution is 2.38. The van der Waals surface area contributed by atoms with Crippen LogP contribution in [-0.2, 0) is 0 Å². The molecule has 88 valence electrons. The number of benzene rings is 2. The van der Waals surface area contributed by atoms with Crippen LogP contribution in [0.25, 0.3) is 11.1 Å². The standard InChI is InChI=1S/C14H10N2O2/c15-14(17)11-7-3-6-10-12(11)8-4-1-2-5-9(8)13(10)16-18/h1-7,18H,(H2,15,17)/b16-13+. The Morgan fingerprint density at radius 2 is 1.67 bits per heavy atom. The van der Waals surface area contributed by atoms with Crippen molar-refractivity contribution in [2.24, 2.45) is 10.9 Å². The Bertz CT molecular complexity index is 690. The van der Waals surface area contributed by atoms with E-state index in [0.717, 1.165) is 22.3 Å². The molecule has 0 spiro atoms. The van der Waals surface area contributed by atoms with E-state index in [2.05, 4.69) is 5.16 Å². The molecule has 4 heteroatoms. The Morgan fingerprint density at radius 1 is 1.00 bits per heavy atom. The highest BCUT2D eigenvalue weighted by Gasteiger charge is 2.28. The number of primary amides is 1. The van der Waals surface area contributed by atoms with Gasteiger partial charge >= 0.3 is 0 Å². The number of carbonyl (C=O) groups excluding carboxylic acids is 1. The summed E-state index contributed by atoms with van der Waals surface area (Å²) < 4.78 is 0. The van der Waals surface area contributed by atoms with Crippen LogP contribution in [0.5, 0.6) is 0 Å². The van der Waals surface area contributed by atoms with Crippen molar-refractivity contribution in [1.82, 2.24) is 0 Å². The van der Waals surface area contributed by atoms with Crippen LogP contribution in [0, 0.1) is 0 Å². The molecule has 0 heterocycles. The highest BCUT2D eigenvalue weighted by molar-refractivity contribution is 6.26. The van der Waals surface area contributed by atoms with Crippen molar-refractivity contribution in [3.63, 3.8) is 0 Å². The Labute approximate surface area is 103 Å². The molecule has 0 saturated carbocycles. The molecule has 2 aromatic carbocycles. The Morgan fingerprint density at radius 3 is 2.33 bits per heavy atom. The van der Waals surface area contributed by atoms with Crippen LogP contribution in [0.3, 0.4) is 0 Å². The van der Waals surface area contributed by atoms with Gasteiger partial charge in [-0.1, -0.05) is 41.6 Å². The van der Waals surface area contributed by atoms with E-state index >= 15 is 0 Å². The minimum absolute atomic E-state index is 0.443. The van der Waals surface area contributed by atoms with Crippen molar-refractivity contribution >= 4 is 11.6 Å². The molecule has 0 fully saturated rings. The van der Waals surface area contributed by atoms with Crippen LogP contribution in [0.4, 0.5) is 0 Å². The van der Waals surface area contributed by atoms with E-state index < -0.39 is 5.91 Å². The average Bonchev–Trinajstić information content (AvgIpc) is 2.72. The third-order valence-electron chi connectivity index (χ3n) is 3.14. The van der Waals surface area contributed by atoms with Crippen LogP contribution in [0.2, 0.25) is 0 Å². The van der Waals surface area contributed by atoms with Crippen molar-refractivity contribution in [3.8, 4) is 11.1 Å². The summed E-state index contributed by atoms with van der Waals surface area (Å²) in [6.07, 6.45) is 0. The van der Waals surface area contributed by atoms with E-state index in [1.807, 2.05) is 30.3 Å². The Kier molecular flexibility index (Phi) is 2.16. The maximum Gasteiger partial charge on any atom is 0.249 e. The molecule has 3 rings (SSSR count). The summed E-state index contributed by atoms with van der Waals surface area (Å²) in [6.45, 7) is 0. The van der Waals surface area contributed by atoms with Crippen LogP contribution in [0.1, 0.15) is 21.5 Å². The minimum Gasteiger partial charge on any atom is -0.410 e. The van der Waals surface area contributed by atoms with E-state index in [-0.39, 0.29) is 0 Å². The predicted octanol–water partition coefficient (Wildman–Crippen LogP) is 1.99. The maximum atomic E-state index is 11.5. The zero-order chi connectivity index (χ0) is 12.7. The summed E-state index contributed by atoms with van der Waals surface area (Å²) in [4.78, 5) is 11.5. The minimum atomic E-state index is -0.485. The number of carbonyl (C=O) groups is 1. The maximum absolute atomic E-state index is 11.5. The van der Waals surface area contributed by atoms with Crippen molar-refractivity contribution in [2.45, 2.75) is 0 Å². The van der Waals surface area contributed by atoms with Crippen LogP contribution in [0.15, 0.2) is 47.6 Å². The van der Waals surface area contributed by atoms with E-state index in [4.69, 9.17) is 10.9 Å². The van der Waals surface area contributed by atoms with E-state index in [9.17, 15) is 4.79 Å². The van der Waals surface area contributed by atoms with Crippen LogP contribution >= 0.6 is 0 Å². The second-order valence-electron chi connectivity index (χ2n) is 4.09. The Hall–Kier alpha value is -2.62. The SMILES string of the molecule is NC(=O)c1cccc2c1-c1ccccc1/C2=N\O. The first-order valence-electron chi connectivity index (χ1n) is 5.49. The lowest BCUT2D eigenvalue weighted by atomic mass is 9.99. The molecule has 3 N–H and O–H groups in total. The van der Waals surface area contributed by atoms with Crippen LogP contribution in [-0.4, -0.2) is 16.8 Å². The van der Waals surface area contributed by atoms with Gasteiger partial charge in [-0.05, 0) is 11.6 Å². The lowest BCUT2D eigenvalue weighted by Crippen LogP contribution is -2.12. The fraction of sp³-hybridized carbons (Fsp3) is 0. The summed E-state index contributed by atoms with van der Waals surface area (Å²) in [5.74, 6) is -0.485. The molecule has 4 nitrogen and oxygen atoms in total. The normalized spacial score (nSPS) is 14.3. The zero-order valence-corrected chi connectivity index (χ0v) is 9.42. The molecule has 0 saturated heterocycles. The summed E-state index contributed by atoms with van der Waals surface area (Å²) in [5.41, 5.74) is 9.46. The van der Waals surface area contributed by atoms with Gasteiger partial charge in [-0.2, -0.15) is 0 Å². The molecule has 0 radical (unpaired) electrons. The molecule has 2 aromatic rings. The zero-order valence-electron chi connectivity index (χ0n) is 9.42. The molecule has 0 bridgehead atoms. The number of nitrogens with two attached hydrogens (primary N) is 1. The monoisotopic (exact) mass is 238 g/mol. The first-order chi connectivity index (χ1) is 8.74. The quantitative estimate of drug-likeness (QED) is 0.502. The van der Waals surface area contributed by atoms with Crippen molar-refractivity contribution < 1.29 is 10.0 Å². The fourth-order valence-electron chi connectivity index (χ4n) is 2.41. The summed E-state index contributed by atoms with van der Waals surface area (Å²) in [7, 11) is 0. The molecule has 1 amide bonds. The van der Waals surface area contributed by atoms with Gasteiger partial charge in [-0.3, -0.25) is 4.79 Å². The number of rotatable bonds is 1. The molecular formula is C14H10N2O2. The average molecular weight is 238 g/mol. The number of hydrogen-bond donors (Lipinski definition) is 2. The van der Waals surface area contributed by atoms with Gasteiger partial charge in [-0.25, -0.2) is 0 Å². The first-order valence-corrected chi connectivity index (χ1v) is 5.49. The Balaban J connectivity index is 2.43. The topological polar surface area (TPSA) is 75.7 Å². The molecule has 0 atom stereocenters. The number of amides is 1. The van der Waals surface area contributed by atoms with Gasteiger partial charge in [0.2, 0.25) is 5.91 Å². The summed E-state index contributed by atoms with van der Waals surface area (Å²) >= 11 is 0. The predicted molar refractivity (Wildman–Crippen MR) is 67.8 cm³/mol. The second kappa shape index (κ2) is 3.70. The molecule has 0 unspecified atom stereocenters. The van der Waals surface area contributed by atoms with Crippen molar-refractivity contribution in [1.29, 1.82) is 0 Å². The van der Waals surface area contributed by atoms with Gasteiger partial charge in [0.25, 0.3) is 0 Å². The number of fused-ring (bicyclic) bond motifs is 3. The molecule has 1 aliphatic rings. The third-order valence-corrected chi connectivity index (χ3v) is 3.14. The number of oxime groups is 1. The number of hydrogen-bond acceptors (Lipinski definition) is 3. The highest BCUT2D eigenvalue weighted by atomic mass is 16.4. The molecular weight excluding hydrogens is 228 g/mol. The van der Waals surface area contributed by atoms with E-state index in [1.54, 1.807) is 12.1 Å². The van der Waals surface area contributed by atoms with E-state index in [0.29, 0.717) is 11.3 Å². The van der Waals surface area contributed by atoms with Crippen molar-refractivity contribution in [2.75, 3.05) is 0 Å². The lowest BCUT2D eigenvalue weighted by molar-refractivity contribution is 0.100. The van der Waals surface area contributed by atoms with Gasteiger partial charge in [0.05, 0.1) is 0 Å². The fourth-order valence-corrected chi connectivity index (χ4v) is 2.41. The van der Waals surface area contributed by atoms with Crippen LogP contribution < -0.4 is 5.73 Å². The van der Waals surface area contributed by atoms with Gasteiger partial charge in [0.15, 0.2) is 0 Å². The lowest BCUT2D eigenvalue weighted by Gasteiger charge is -2.05. The van der Waals surface area contributed by atoms with Gasteiger partial charge < -0.3 is 10.9 Å². The van der Waals surface area contributed by atoms with Crippen molar-refractivity contribution in [3.05, 3.63) is 59.2 Å². The van der Waals surface area contributed by atoms with Gasteiger partial charge in [-0.15, -0.1) is 0 Å². The first kappa shape index (κ1) is 10.5. The molecule has 0 aliphatic heterocycles. The molecule has 1 aliphatic carbocycles. The smallest absolute Gasteiger partial charge is 0.249 e. The summed E-state index contributed by atoms with van der Waals surface area (Å²) in [6, 6.07) is 12.7. The third kappa shape index (κ3) is 1.26. The summed E-state index contributed by atoms with van der Waals surface area (Å²) in [5, 5.41) is 12.5. The molecule has 0 aromatic heterocycles. The van der Waals surface area contributed by atoms with E-state index in [1.165, 1.54) is 0 Å². The second-order valence-corrected chi connectivity index (χ2v) is 4.09. The number of nitrogens with zero attached hydrogens (tertiary/aromatic N) is 1. The van der Waals surface area contributed by atoms with Gasteiger partial charge in [0.1, 0.15) is 5.71 Å².